The van der Waals surface area contributed by atoms with Gasteiger partial charge in [-0.15, -0.1) is 0 Å². The molecule has 2 amide bonds. The summed E-state index contributed by atoms with van der Waals surface area (Å²) in [5.74, 6) is -3.94. The maximum Gasteiger partial charge on any atom is 0.331 e. The number of carboxylic acids is 2. The maximum atomic E-state index is 12.4. The van der Waals surface area contributed by atoms with Crippen molar-refractivity contribution in [2.75, 3.05) is 26.3 Å². The van der Waals surface area contributed by atoms with Gasteiger partial charge in [0.2, 0.25) is 11.8 Å². The van der Waals surface area contributed by atoms with Crippen molar-refractivity contribution >= 4 is 35.7 Å². The second kappa shape index (κ2) is 21.5. The van der Waals surface area contributed by atoms with Gasteiger partial charge in [0.15, 0.2) is 0 Å². The number of nitrogens with one attached hydrogen (secondary N) is 2. The van der Waals surface area contributed by atoms with E-state index in [2.05, 4.69) is 23.8 Å². The molecule has 2 saturated heterocycles. The number of epoxide rings is 2. The predicted molar refractivity (Wildman–Crippen MR) is 210 cm³/mol. The fourth-order valence-electron chi connectivity index (χ4n) is 7.64. The van der Waals surface area contributed by atoms with Gasteiger partial charge in [-0.05, 0) is 120 Å². The largest absolute Gasteiger partial charge is 0.478 e. The Labute approximate surface area is 335 Å². The van der Waals surface area contributed by atoms with Crippen LogP contribution in [0.1, 0.15) is 123 Å². The summed E-state index contributed by atoms with van der Waals surface area (Å²) in [5, 5.41) is 24.6. The van der Waals surface area contributed by atoms with Crippen molar-refractivity contribution in [2.24, 2.45) is 11.8 Å². The number of unbranched alkanes of at least 4 members (excludes halogenated alkanes) is 2. The van der Waals surface area contributed by atoms with Gasteiger partial charge in [0, 0.05) is 37.1 Å². The molecule has 0 bridgehead atoms. The van der Waals surface area contributed by atoms with Crippen LogP contribution in [-0.2, 0) is 47.7 Å². The lowest BCUT2D eigenvalue weighted by molar-refractivity contribution is -0.144. The molecule has 0 radical (unpaired) electrons. The molecular formula is C43H62N2O12. The fraction of sp³-hybridized carbons (Fsp3) is 0.674. The normalized spacial score (nSPS) is 28.9. The van der Waals surface area contributed by atoms with E-state index in [1.165, 1.54) is 0 Å². The quantitative estimate of drug-likeness (QED) is 0.0388. The first-order valence-corrected chi connectivity index (χ1v) is 20.5. The van der Waals surface area contributed by atoms with Gasteiger partial charge >= 0.3 is 23.9 Å². The highest BCUT2D eigenvalue weighted by atomic mass is 16.6. The minimum absolute atomic E-state index is 0.00424. The summed E-state index contributed by atoms with van der Waals surface area (Å²) < 4.78 is 22.7. The number of carboxylic acid groups (broad SMARTS) is 2. The zero-order valence-corrected chi connectivity index (χ0v) is 33.7. The minimum Gasteiger partial charge on any atom is -0.478 e. The van der Waals surface area contributed by atoms with Gasteiger partial charge in [0.25, 0.3) is 0 Å². The Kier molecular flexibility index (Phi) is 17.1. The number of carbonyl (C=O) groups excluding carboxylic acids is 4. The van der Waals surface area contributed by atoms with Gasteiger partial charge in [-0.25, -0.2) is 9.59 Å². The number of fused-ring (bicyclic) bond motifs is 2. The first-order chi connectivity index (χ1) is 27.1. The van der Waals surface area contributed by atoms with Crippen molar-refractivity contribution in [2.45, 2.75) is 146 Å². The topological polar surface area (TPSA) is 210 Å². The fourth-order valence-corrected chi connectivity index (χ4v) is 7.64. The van der Waals surface area contributed by atoms with Crippen molar-refractivity contribution in [3.63, 3.8) is 0 Å². The molecule has 0 saturated carbocycles. The van der Waals surface area contributed by atoms with Crippen molar-refractivity contribution in [3.05, 3.63) is 47.6 Å². The van der Waals surface area contributed by atoms with Crippen LogP contribution in [0.25, 0.3) is 0 Å². The highest BCUT2D eigenvalue weighted by Gasteiger charge is 2.53. The van der Waals surface area contributed by atoms with Crippen molar-refractivity contribution in [1.82, 2.24) is 10.6 Å². The third-order valence-electron chi connectivity index (χ3n) is 11.8. The Bertz CT molecular complexity index is 1470. The second-order valence-electron chi connectivity index (χ2n) is 16.3. The van der Waals surface area contributed by atoms with Crippen LogP contribution in [-0.4, -0.2) is 95.6 Å². The minimum atomic E-state index is -1.01. The van der Waals surface area contributed by atoms with E-state index in [0.717, 1.165) is 43.3 Å². The first-order valence-electron chi connectivity index (χ1n) is 20.5. The molecule has 0 aromatic carbocycles. The Hall–Kier alpha value is -4.30. The summed E-state index contributed by atoms with van der Waals surface area (Å²) in [7, 11) is 0. The highest BCUT2D eigenvalue weighted by Crippen LogP contribution is 2.47. The lowest BCUT2D eigenvalue weighted by Gasteiger charge is -2.19. The monoisotopic (exact) mass is 798 g/mol. The Morgan fingerprint density at radius 1 is 0.684 bits per heavy atom. The van der Waals surface area contributed by atoms with Gasteiger partial charge in [0.1, 0.15) is 13.2 Å². The number of ether oxygens (including phenoxy) is 4. The lowest BCUT2D eigenvalue weighted by Crippen LogP contribution is -2.26. The average Bonchev–Trinajstić information content (AvgIpc) is 4.04. The van der Waals surface area contributed by atoms with Crippen LogP contribution in [0.2, 0.25) is 0 Å². The Morgan fingerprint density at radius 3 is 1.47 bits per heavy atom. The zero-order valence-electron chi connectivity index (χ0n) is 33.7. The second-order valence-corrected chi connectivity index (χ2v) is 16.3. The molecule has 0 aromatic heterocycles. The lowest BCUT2D eigenvalue weighted by atomic mass is 9.84. The zero-order chi connectivity index (χ0) is 41.6. The molecular weight excluding hydrogens is 736 g/mol. The van der Waals surface area contributed by atoms with Gasteiger partial charge < -0.3 is 39.8 Å². The van der Waals surface area contributed by atoms with E-state index in [0.29, 0.717) is 64.5 Å². The number of amides is 2. The van der Waals surface area contributed by atoms with Crippen LogP contribution >= 0.6 is 0 Å². The summed E-state index contributed by atoms with van der Waals surface area (Å²) in [6.07, 6.45) is 12.9. The van der Waals surface area contributed by atoms with Crippen LogP contribution in [0.4, 0.5) is 0 Å². The summed E-state index contributed by atoms with van der Waals surface area (Å²) >= 11 is 0. The molecule has 6 atom stereocenters. The molecule has 14 heteroatoms. The van der Waals surface area contributed by atoms with Crippen molar-refractivity contribution in [3.8, 4) is 0 Å². The van der Waals surface area contributed by atoms with Gasteiger partial charge in [-0.1, -0.05) is 25.3 Å². The molecule has 2 aliphatic carbocycles. The van der Waals surface area contributed by atoms with Crippen LogP contribution < -0.4 is 10.6 Å². The van der Waals surface area contributed by atoms with Crippen LogP contribution in [0.3, 0.4) is 0 Å². The smallest absolute Gasteiger partial charge is 0.331 e. The summed E-state index contributed by atoms with van der Waals surface area (Å²) in [6.45, 7) is 12.7. The summed E-state index contributed by atoms with van der Waals surface area (Å²) in [6, 6.07) is 0. The average molecular weight is 799 g/mol. The maximum absolute atomic E-state index is 12.4. The Morgan fingerprint density at radius 2 is 1.09 bits per heavy atom. The number of carbonyl (C=O) groups is 6. The number of aliphatic carboxylic acids is 2. The van der Waals surface area contributed by atoms with E-state index in [1.807, 2.05) is 26.0 Å². The molecule has 2 heterocycles. The van der Waals surface area contributed by atoms with E-state index in [1.54, 1.807) is 0 Å². The molecule has 4 N–H and O–H groups in total. The summed E-state index contributed by atoms with van der Waals surface area (Å²) in [5.41, 5.74) is 1.64. The van der Waals surface area contributed by atoms with Crippen LogP contribution in [0.15, 0.2) is 47.6 Å². The van der Waals surface area contributed by atoms with Gasteiger partial charge in [-0.2, -0.15) is 0 Å². The number of hydrogen-bond acceptors (Lipinski definition) is 10. The van der Waals surface area contributed by atoms with E-state index in [9.17, 15) is 39.0 Å². The standard InChI is InChI=1S/C43H62N2O12/c1-28(40(50)51)32-14-12-30(10-8-20-42(3)34(24-32)56-42)26-54-38(48)18-16-36(46)44-22-6-5-7-23-45-37(47)17-19-39(49)55-27-31-11-9-21-43(4)35(57-43)25-33(15-13-31)29(2)41(52)53/h10-11,32-35H,1-2,5-9,12-27H2,3-4H3,(H,44,46)(H,45,47)(H,50,51)(H,52,53)/b30-10+,31-11+. The molecule has 4 rings (SSSR count). The predicted octanol–water partition coefficient (Wildman–Crippen LogP) is 5.65. The van der Waals surface area contributed by atoms with Crippen LogP contribution in [0.5, 0.6) is 0 Å². The molecule has 0 spiro atoms. The Balaban J connectivity index is 1.01. The third kappa shape index (κ3) is 15.2. The molecule has 2 fully saturated rings. The molecule has 6 unspecified atom stereocenters. The molecule has 2 aliphatic heterocycles. The number of esters is 2. The highest BCUT2D eigenvalue weighted by molar-refractivity contribution is 5.87. The molecule has 57 heavy (non-hydrogen) atoms. The molecule has 14 nitrogen and oxygen atoms in total. The SMILES string of the molecule is C=C(C(=O)O)C1CC/C(COC(=O)CCC(=O)NCCCCCNC(=O)CCC(=O)OC/C2=C/CCC3(C)OC3CC(C(=C)C(=O)O)CC2)=C\CCC2(C)OC2C1. The van der Waals surface area contributed by atoms with E-state index in [-0.39, 0.29) is 97.1 Å². The van der Waals surface area contributed by atoms with Gasteiger partial charge in [-0.3, -0.25) is 19.2 Å². The van der Waals surface area contributed by atoms with E-state index < -0.39 is 23.9 Å². The van der Waals surface area contributed by atoms with E-state index >= 15 is 0 Å². The molecule has 316 valence electrons. The molecule has 0 aromatic rings. The molecule has 4 aliphatic rings. The van der Waals surface area contributed by atoms with Gasteiger partial charge in [0.05, 0.1) is 36.3 Å². The summed E-state index contributed by atoms with van der Waals surface area (Å²) in [4.78, 5) is 72.5. The van der Waals surface area contributed by atoms with E-state index in [4.69, 9.17) is 18.9 Å². The number of rotatable bonds is 20. The number of allylic oxidation sites excluding steroid dienone is 2. The third-order valence-corrected chi connectivity index (χ3v) is 11.8. The number of hydrogen-bond donors (Lipinski definition) is 4. The van der Waals surface area contributed by atoms with Crippen molar-refractivity contribution in [1.29, 1.82) is 0 Å². The first kappa shape index (κ1) is 45.4. The van der Waals surface area contributed by atoms with Crippen LogP contribution in [0, 0.1) is 11.8 Å². The van der Waals surface area contributed by atoms with Crippen molar-refractivity contribution < 1.29 is 57.9 Å².